The van der Waals surface area contributed by atoms with Crippen molar-refractivity contribution in [2.24, 2.45) is 5.92 Å². The standard InChI is InChI=1S/C13H19F2N3/c1-8-3-5-9(6-4-8)17-13-11(15)7-10(14)12(16-2)18-13/h7-9H,3-6H2,1-2H3,(H2,16,17,18). The molecule has 1 aromatic rings. The zero-order valence-corrected chi connectivity index (χ0v) is 10.8. The SMILES string of the molecule is CNc1nc(NC2CCC(C)CC2)c(F)cc1F. The molecule has 100 valence electrons. The second-order valence-electron chi connectivity index (χ2n) is 5.00. The molecule has 0 bridgehead atoms. The van der Waals surface area contributed by atoms with Crippen LogP contribution in [0.5, 0.6) is 0 Å². The summed E-state index contributed by atoms with van der Waals surface area (Å²) in [6.45, 7) is 2.23. The second-order valence-corrected chi connectivity index (χ2v) is 5.00. The van der Waals surface area contributed by atoms with Crippen LogP contribution in [0.15, 0.2) is 6.07 Å². The van der Waals surface area contributed by atoms with Gasteiger partial charge in [0.15, 0.2) is 23.3 Å². The largest absolute Gasteiger partial charge is 0.371 e. The molecule has 1 fully saturated rings. The van der Waals surface area contributed by atoms with Crippen molar-refractivity contribution in [2.75, 3.05) is 17.7 Å². The topological polar surface area (TPSA) is 37.0 Å². The van der Waals surface area contributed by atoms with E-state index in [9.17, 15) is 8.78 Å². The number of pyridine rings is 1. The van der Waals surface area contributed by atoms with Crippen LogP contribution < -0.4 is 10.6 Å². The van der Waals surface area contributed by atoms with E-state index in [2.05, 4.69) is 22.5 Å². The van der Waals surface area contributed by atoms with Crippen LogP contribution in [-0.2, 0) is 0 Å². The molecule has 5 heteroatoms. The number of rotatable bonds is 3. The van der Waals surface area contributed by atoms with E-state index in [1.807, 2.05) is 0 Å². The van der Waals surface area contributed by atoms with E-state index in [1.54, 1.807) is 7.05 Å². The van der Waals surface area contributed by atoms with Gasteiger partial charge < -0.3 is 10.6 Å². The van der Waals surface area contributed by atoms with Gasteiger partial charge in [-0.3, -0.25) is 0 Å². The minimum Gasteiger partial charge on any atom is -0.371 e. The van der Waals surface area contributed by atoms with Gasteiger partial charge in [-0.05, 0) is 31.6 Å². The maximum Gasteiger partial charge on any atom is 0.168 e. The molecule has 0 unspecified atom stereocenters. The predicted molar refractivity (Wildman–Crippen MR) is 68.7 cm³/mol. The lowest BCUT2D eigenvalue weighted by Gasteiger charge is -2.27. The quantitative estimate of drug-likeness (QED) is 0.869. The Morgan fingerprint density at radius 1 is 1.11 bits per heavy atom. The molecular formula is C13H19F2N3. The molecule has 1 aromatic heterocycles. The Hall–Kier alpha value is -1.39. The second kappa shape index (κ2) is 5.50. The minimum absolute atomic E-state index is 0.0723. The Labute approximate surface area is 106 Å². The zero-order chi connectivity index (χ0) is 13.1. The maximum absolute atomic E-state index is 13.6. The first-order valence-electron chi connectivity index (χ1n) is 6.40. The summed E-state index contributed by atoms with van der Waals surface area (Å²) in [6, 6.07) is 1.10. The summed E-state index contributed by atoms with van der Waals surface area (Å²) in [5.74, 6) is -0.353. The van der Waals surface area contributed by atoms with Crippen LogP contribution in [0.1, 0.15) is 32.6 Å². The molecular weight excluding hydrogens is 236 g/mol. The van der Waals surface area contributed by atoms with Crippen LogP contribution in [0, 0.1) is 17.6 Å². The lowest BCUT2D eigenvalue weighted by molar-refractivity contribution is 0.360. The third-order valence-electron chi connectivity index (χ3n) is 3.52. The first-order chi connectivity index (χ1) is 8.60. The van der Waals surface area contributed by atoms with Crippen molar-refractivity contribution in [3.05, 3.63) is 17.7 Å². The molecule has 1 aliphatic carbocycles. The van der Waals surface area contributed by atoms with E-state index in [1.165, 1.54) is 0 Å². The first-order valence-corrected chi connectivity index (χ1v) is 6.40. The smallest absolute Gasteiger partial charge is 0.168 e. The minimum atomic E-state index is -0.669. The summed E-state index contributed by atoms with van der Waals surface area (Å²) in [4.78, 5) is 3.93. The van der Waals surface area contributed by atoms with Gasteiger partial charge in [0.25, 0.3) is 0 Å². The number of hydrogen-bond donors (Lipinski definition) is 2. The number of anilines is 2. The molecule has 0 aromatic carbocycles. The fourth-order valence-corrected chi connectivity index (χ4v) is 2.34. The van der Waals surface area contributed by atoms with E-state index in [-0.39, 0.29) is 17.7 Å². The van der Waals surface area contributed by atoms with Crippen molar-refractivity contribution in [3.8, 4) is 0 Å². The Kier molecular flexibility index (Phi) is 3.99. The van der Waals surface area contributed by atoms with Gasteiger partial charge in [-0.25, -0.2) is 13.8 Å². The number of nitrogens with one attached hydrogen (secondary N) is 2. The molecule has 2 N–H and O–H groups in total. The van der Waals surface area contributed by atoms with Crippen LogP contribution in [0.25, 0.3) is 0 Å². The lowest BCUT2D eigenvalue weighted by atomic mass is 9.87. The van der Waals surface area contributed by atoms with Crippen molar-refractivity contribution >= 4 is 11.6 Å². The van der Waals surface area contributed by atoms with E-state index < -0.39 is 11.6 Å². The molecule has 18 heavy (non-hydrogen) atoms. The van der Waals surface area contributed by atoms with Crippen molar-refractivity contribution < 1.29 is 8.78 Å². The van der Waals surface area contributed by atoms with E-state index in [4.69, 9.17) is 0 Å². The third-order valence-corrected chi connectivity index (χ3v) is 3.52. The highest BCUT2D eigenvalue weighted by molar-refractivity contribution is 5.47. The Bertz CT molecular complexity index is 415. The summed E-state index contributed by atoms with van der Waals surface area (Å²) in [5, 5.41) is 5.69. The van der Waals surface area contributed by atoms with Gasteiger partial charge in [-0.1, -0.05) is 6.92 Å². The average molecular weight is 255 g/mol. The van der Waals surface area contributed by atoms with Crippen molar-refractivity contribution in [3.63, 3.8) is 0 Å². The molecule has 1 heterocycles. The molecule has 0 radical (unpaired) electrons. The Morgan fingerprint density at radius 3 is 2.33 bits per heavy atom. The van der Waals surface area contributed by atoms with Gasteiger partial charge in [0.2, 0.25) is 0 Å². The summed E-state index contributed by atoms with van der Waals surface area (Å²) < 4.78 is 26.9. The van der Waals surface area contributed by atoms with E-state index in [0.717, 1.165) is 37.7 Å². The van der Waals surface area contributed by atoms with E-state index >= 15 is 0 Å². The van der Waals surface area contributed by atoms with Gasteiger partial charge in [-0.2, -0.15) is 0 Å². The molecule has 0 spiro atoms. The van der Waals surface area contributed by atoms with Crippen LogP contribution in [0.4, 0.5) is 20.4 Å². The average Bonchev–Trinajstić information content (AvgIpc) is 2.35. The van der Waals surface area contributed by atoms with Gasteiger partial charge >= 0.3 is 0 Å². The molecule has 2 rings (SSSR count). The molecule has 3 nitrogen and oxygen atoms in total. The number of hydrogen-bond acceptors (Lipinski definition) is 3. The molecule has 0 amide bonds. The van der Waals surface area contributed by atoms with Crippen LogP contribution in [0.3, 0.4) is 0 Å². The maximum atomic E-state index is 13.6. The monoisotopic (exact) mass is 255 g/mol. The first kappa shape index (κ1) is 13.1. The molecule has 1 saturated carbocycles. The number of halogens is 2. The predicted octanol–water partition coefficient (Wildman–Crippen LogP) is 3.39. The van der Waals surface area contributed by atoms with Crippen LogP contribution in [-0.4, -0.2) is 18.1 Å². The van der Waals surface area contributed by atoms with E-state index in [0.29, 0.717) is 0 Å². The van der Waals surface area contributed by atoms with Gasteiger partial charge in [-0.15, -0.1) is 0 Å². The fourth-order valence-electron chi connectivity index (χ4n) is 2.34. The van der Waals surface area contributed by atoms with Crippen LogP contribution in [0.2, 0.25) is 0 Å². The summed E-state index contributed by atoms with van der Waals surface area (Å²) >= 11 is 0. The number of aromatic nitrogens is 1. The normalized spacial score (nSPS) is 23.8. The van der Waals surface area contributed by atoms with Crippen molar-refractivity contribution in [1.29, 1.82) is 0 Å². The zero-order valence-electron chi connectivity index (χ0n) is 10.8. The van der Waals surface area contributed by atoms with Crippen LogP contribution >= 0.6 is 0 Å². The highest BCUT2D eigenvalue weighted by atomic mass is 19.1. The Morgan fingerprint density at radius 2 is 1.72 bits per heavy atom. The van der Waals surface area contributed by atoms with Crippen molar-refractivity contribution in [2.45, 2.75) is 38.6 Å². The van der Waals surface area contributed by atoms with Crippen molar-refractivity contribution in [1.82, 2.24) is 4.98 Å². The summed E-state index contributed by atoms with van der Waals surface area (Å²) in [5.41, 5.74) is 0. The summed E-state index contributed by atoms with van der Waals surface area (Å²) in [7, 11) is 1.56. The molecule has 1 aliphatic rings. The third kappa shape index (κ3) is 2.89. The highest BCUT2D eigenvalue weighted by Crippen LogP contribution is 2.27. The van der Waals surface area contributed by atoms with Gasteiger partial charge in [0.05, 0.1) is 0 Å². The summed E-state index contributed by atoms with van der Waals surface area (Å²) in [6.07, 6.45) is 4.29. The molecule has 0 saturated heterocycles. The fraction of sp³-hybridized carbons (Fsp3) is 0.615. The van der Waals surface area contributed by atoms with Gasteiger partial charge in [0, 0.05) is 19.2 Å². The molecule has 0 atom stereocenters. The highest BCUT2D eigenvalue weighted by Gasteiger charge is 2.20. The molecule has 0 aliphatic heterocycles. The Balaban J connectivity index is 2.09. The number of nitrogens with zero attached hydrogens (tertiary/aromatic N) is 1. The lowest BCUT2D eigenvalue weighted by Crippen LogP contribution is -2.26. The van der Waals surface area contributed by atoms with Gasteiger partial charge in [0.1, 0.15) is 0 Å².